The highest BCUT2D eigenvalue weighted by molar-refractivity contribution is 5.22. The highest BCUT2D eigenvalue weighted by Gasteiger charge is 2.43. The van der Waals surface area contributed by atoms with Crippen LogP contribution in [0.4, 0.5) is 4.39 Å². The molecule has 144 valence electrons. The molecule has 1 N–H and O–H groups in total. The Morgan fingerprint density at radius 3 is 2.38 bits per heavy atom. The Morgan fingerprint density at radius 2 is 1.69 bits per heavy atom. The number of likely N-dealkylation sites (tertiary alicyclic amines) is 1. The fourth-order valence-electron chi connectivity index (χ4n) is 4.59. The molecule has 4 atom stereocenters. The Morgan fingerprint density at radius 1 is 1.04 bits per heavy atom. The molecular weight excluding hydrogens is 337 g/mol. The Balaban J connectivity index is 1.32. The van der Waals surface area contributed by atoms with Crippen LogP contribution in [0.5, 0.6) is 5.75 Å². The molecule has 0 radical (unpaired) electrons. The van der Waals surface area contributed by atoms with Gasteiger partial charge in [0.1, 0.15) is 17.7 Å². The van der Waals surface area contributed by atoms with Crippen LogP contribution in [0.1, 0.15) is 12.8 Å². The molecule has 0 spiro atoms. The van der Waals surface area contributed by atoms with Gasteiger partial charge in [-0.25, -0.2) is 4.39 Å². The molecule has 5 nitrogen and oxygen atoms in total. The topological polar surface area (TPSA) is 51.2 Å². The largest absolute Gasteiger partial charge is 0.488 e. The molecule has 2 saturated heterocycles. The van der Waals surface area contributed by atoms with E-state index in [1.54, 1.807) is 12.1 Å². The summed E-state index contributed by atoms with van der Waals surface area (Å²) < 4.78 is 30.2. The van der Waals surface area contributed by atoms with Gasteiger partial charge in [0.05, 0.1) is 32.5 Å². The Kier molecular flexibility index (Phi) is 5.74. The third kappa shape index (κ3) is 4.36. The number of halogens is 1. The summed E-state index contributed by atoms with van der Waals surface area (Å²) in [5.41, 5.74) is 0. The predicted molar refractivity (Wildman–Crippen MR) is 94.6 cm³/mol. The van der Waals surface area contributed by atoms with Crippen molar-refractivity contribution in [2.75, 3.05) is 46.1 Å². The Bertz CT molecular complexity index is 576. The molecule has 3 aliphatic rings. The molecule has 3 fully saturated rings. The number of nitrogens with zero attached hydrogens (tertiary/aromatic N) is 1. The molecule has 1 aromatic rings. The van der Waals surface area contributed by atoms with Crippen molar-refractivity contribution in [3.05, 3.63) is 30.1 Å². The molecule has 4 rings (SSSR count). The second kappa shape index (κ2) is 8.21. The van der Waals surface area contributed by atoms with Gasteiger partial charge in [0.25, 0.3) is 0 Å². The van der Waals surface area contributed by atoms with Gasteiger partial charge in [-0.15, -0.1) is 0 Å². The first-order valence-electron chi connectivity index (χ1n) is 9.65. The van der Waals surface area contributed by atoms with Gasteiger partial charge < -0.3 is 24.2 Å². The smallest absolute Gasteiger partial charge is 0.125 e. The quantitative estimate of drug-likeness (QED) is 0.884. The number of hydrogen-bond acceptors (Lipinski definition) is 5. The van der Waals surface area contributed by atoms with Crippen LogP contribution in [0.15, 0.2) is 24.3 Å². The van der Waals surface area contributed by atoms with Crippen LogP contribution in [0.3, 0.4) is 0 Å². The van der Waals surface area contributed by atoms with Gasteiger partial charge in [-0.1, -0.05) is 0 Å². The van der Waals surface area contributed by atoms with Crippen molar-refractivity contribution in [2.45, 2.75) is 25.0 Å². The molecular formula is C20H28FNO4. The second-order valence-corrected chi connectivity index (χ2v) is 7.90. The minimum Gasteiger partial charge on any atom is -0.488 e. The Hall–Kier alpha value is -1.21. The molecule has 26 heavy (non-hydrogen) atoms. The Labute approximate surface area is 154 Å². The third-order valence-electron chi connectivity index (χ3n) is 5.86. The number of aliphatic hydroxyl groups is 1. The lowest BCUT2D eigenvalue weighted by Gasteiger charge is -2.35. The summed E-state index contributed by atoms with van der Waals surface area (Å²) in [4.78, 5) is 2.49. The molecule has 2 heterocycles. The van der Waals surface area contributed by atoms with Crippen LogP contribution in [-0.2, 0) is 9.47 Å². The van der Waals surface area contributed by atoms with Crippen molar-refractivity contribution < 1.29 is 23.7 Å². The summed E-state index contributed by atoms with van der Waals surface area (Å²) in [6.07, 6.45) is 0.930. The number of fused-ring (bicyclic) bond motifs is 1. The molecule has 0 amide bonds. The molecule has 1 aliphatic carbocycles. The van der Waals surface area contributed by atoms with E-state index in [1.165, 1.54) is 12.1 Å². The lowest BCUT2D eigenvalue weighted by molar-refractivity contribution is -0.0231. The molecule has 0 unspecified atom stereocenters. The third-order valence-corrected chi connectivity index (χ3v) is 5.86. The molecule has 2 aliphatic heterocycles. The first kappa shape index (κ1) is 18.2. The summed E-state index contributed by atoms with van der Waals surface area (Å²) in [7, 11) is 0. The average molecular weight is 365 g/mol. The van der Waals surface area contributed by atoms with Gasteiger partial charge >= 0.3 is 0 Å². The van der Waals surface area contributed by atoms with Gasteiger partial charge in [0.15, 0.2) is 0 Å². The molecule has 1 saturated carbocycles. The first-order chi connectivity index (χ1) is 12.7. The number of benzene rings is 1. The molecule has 6 heteroatoms. The van der Waals surface area contributed by atoms with Crippen molar-refractivity contribution >= 4 is 0 Å². The minimum absolute atomic E-state index is 0.216. The fourth-order valence-corrected chi connectivity index (χ4v) is 4.59. The summed E-state index contributed by atoms with van der Waals surface area (Å²) in [5.74, 6) is 1.83. The molecule has 0 bridgehead atoms. The minimum atomic E-state index is -0.467. The van der Waals surface area contributed by atoms with Crippen LogP contribution in [-0.4, -0.2) is 68.3 Å². The number of aliphatic hydroxyl groups excluding tert-OH is 1. The maximum absolute atomic E-state index is 13.1. The lowest BCUT2D eigenvalue weighted by atomic mass is 9.78. The maximum Gasteiger partial charge on any atom is 0.125 e. The SMILES string of the molecule is O[C@@H]1C[C@H]2CN(CC3COCCOC3)C[C@H]2C[C@H]1Oc1ccc(F)cc1. The van der Waals surface area contributed by atoms with Crippen molar-refractivity contribution in [3.63, 3.8) is 0 Å². The maximum atomic E-state index is 13.1. The van der Waals surface area contributed by atoms with E-state index in [1.807, 2.05) is 0 Å². The number of rotatable bonds is 4. The van der Waals surface area contributed by atoms with Gasteiger partial charge in [-0.3, -0.25) is 0 Å². The van der Waals surface area contributed by atoms with Crippen molar-refractivity contribution in [1.29, 1.82) is 0 Å². The van der Waals surface area contributed by atoms with Crippen LogP contribution in [0.2, 0.25) is 0 Å². The number of ether oxygens (including phenoxy) is 3. The average Bonchev–Trinajstić information content (AvgIpc) is 2.83. The standard InChI is InChI=1S/C20H28FNO4/c21-17-1-3-18(4-2-17)26-20-8-16-11-22(10-15(16)7-19(20)23)9-14-12-24-5-6-25-13-14/h1-4,14-16,19-20,23H,5-13H2/t15-,16+,19+,20+/m0/s1. The van der Waals surface area contributed by atoms with Crippen LogP contribution < -0.4 is 4.74 Å². The van der Waals surface area contributed by atoms with E-state index in [0.717, 1.165) is 45.7 Å². The lowest BCUT2D eigenvalue weighted by Crippen LogP contribution is -2.42. The molecule has 0 aromatic heterocycles. The van der Waals surface area contributed by atoms with Crippen molar-refractivity contribution in [1.82, 2.24) is 4.90 Å². The van der Waals surface area contributed by atoms with Crippen molar-refractivity contribution in [2.24, 2.45) is 17.8 Å². The first-order valence-corrected chi connectivity index (χ1v) is 9.65. The van der Waals surface area contributed by atoms with E-state index in [2.05, 4.69) is 4.90 Å². The highest BCUT2D eigenvalue weighted by Crippen LogP contribution is 2.38. The normalized spacial score (nSPS) is 33.6. The van der Waals surface area contributed by atoms with E-state index in [-0.39, 0.29) is 11.9 Å². The number of hydrogen-bond donors (Lipinski definition) is 1. The summed E-state index contributed by atoms with van der Waals surface area (Å²) in [6.45, 7) is 5.98. The van der Waals surface area contributed by atoms with E-state index >= 15 is 0 Å². The summed E-state index contributed by atoms with van der Waals surface area (Å²) in [5, 5.41) is 10.5. The van der Waals surface area contributed by atoms with E-state index in [9.17, 15) is 9.50 Å². The molecule has 1 aromatic carbocycles. The summed E-state index contributed by atoms with van der Waals surface area (Å²) >= 11 is 0. The van der Waals surface area contributed by atoms with Crippen LogP contribution in [0, 0.1) is 23.6 Å². The van der Waals surface area contributed by atoms with Gasteiger partial charge in [-0.2, -0.15) is 0 Å². The van der Waals surface area contributed by atoms with Gasteiger partial charge in [0.2, 0.25) is 0 Å². The zero-order valence-electron chi connectivity index (χ0n) is 15.1. The highest BCUT2D eigenvalue weighted by atomic mass is 19.1. The van der Waals surface area contributed by atoms with E-state index in [4.69, 9.17) is 14.2 Å². The van der Waals surface area contributed by atoms with Gasteiger partial charge in [-0.05, 0) is 48.9 Å². The zero-order valence-corrected chi connectivity index (χ0v) is 15.1. The van der Waals surface area contributed by atoms with Crippen LogP contribution in [0.25, 0.3) is 0 Å². The van der Waals surface area contributed by atoms with E-state index < -0.39 is 6.10 Å². The van der Waals surface area contributed by atoms with E-state index in [0.29, 0.717) is 36.7 Å². The van der Waals surface area contributed by atoms with Crippen LogP contribution >= 0.6 is 0 Å². The zero-order chi connectivity index (χ0) is 17.9. The van der Waals surface area contributed by atoms with Gasteiger partial charge in [0, 0.05) is 25.6 Å². The fraction of sp³-hybridized carbons (Fsp3) is 0.700. The monoisotopic (exact) mass is 365 g/mol. The second-order valence-electron chi connectivity index (χ2n) is 7.90. The van der Waals surface area contributed by atoms with Crippen molar-refractivity contribution in [3.8, 4) is 5.75 Å². The summed E-state index contributed by atoms with van der Waals surface area (Å²) in [6, 6.07) is 6.03. The predicted octanol–water partition coefficient (Wildman–Crippen LogP) is 1.94.